The number of hydrogen-bond acceptors (Lipinski definition) is 3. The van der Waals surface area contributed by atoms with Gasteiger partial charge in [-0.05, 0) is 29.1 Å². The van der Waals surface area contributed by atoms with Crippen molar-refractivity contribution >= 4 is 22.9 Å². The lowest BCUT2D eigenvalue weighted by molar-refractivity contribution is 0.0951. The summed E-state index contributed by atoms with van der Waals surface area (Å²) in [6, 6.07) is 9.99. The SMILES string of the molecule is CN(C)c1ccc(CNC(=O)c2ccsc2)cc1. The Balaban J connectivity index is 1.92. The minimum Gasteiger partial charge on any atom is -0.378 e. The van der Waals surface area contributed by atoms with E-state index in [1.165, 1.54) is 11.3 Å². The molecule has 0 atom stereocenters. The van der Waals surface area contributed by atoms with Crippen LogP contribution in [0.4, 0.5) is 5.69 Å². The predicted octanol–water partition coefficient (Wildman–Crippen LogP) is 2.74. The van der Waals surface area contributed by atoms with Gasteiger partial charge in [-0.25, -0.2) is 0 Å². The van der Waals surface area contributed by atoms with Crippen LogP contribution in [0, 0.1) is 0 Å². The lowest BCUT2D eigenvalue weighted by atomic mass is 10.2. The maximum Gasteiger partial charge on any atom is 0.252 e. The molecule has 0 aliphatic rings. The summed E-state index contributed by atoms with van der Waals surface area (Å²) in [6.07, 6.45) is 0. The van der Waals surface area contributed by atoms with Gasteiger partial charge in [0.15, 0.2) is 0 Å². The third-order valence-electron chi connectivity index (χ3n) is 2.69. The number of carbonyl (C=O) groups excluding carboxylic acids is 1. The number of rotatable bonds is 4. The number of nitrogens with one attached hydrogen (secondary N) is 1. The van der Waals surface area contributed by atoms with Crippen LogP contribution in [0.1, 0.15) is 15.9 Å². The normalized spacial score (nSPS) is 10.1. The second kappa shape index (κ2) is 5.69. The summed E-state index contributed by atoms with van der Waals surface area (Å²) in [5.74, 6) is -0.0204. The smallest absolute Gasteiger partial charge is 0.252 e. The van der Waals surface area contributed by atoms with Gasteiger partial charge in [0.05, 0.1) is 0 Å². The van der Waals surface area contributed by atoms with Crippen molar-refractivity contribution in [2.24, 2.45) is 0 Å². The first-order valence-electron chi connectivity index (χ1n) is 5.73. The molecular formula is C14H16N2OS. The number of nitrogens with zero attached hydrogens (tertiary/aromatic N) is 1. The van der Waals surface area contributed by atoms with Crippen molar-refractivity contribution in [1.29, 1.82) is 0 Å². The topological polar surface area (TPSA) is 32.3 Å². The van der Waals surface area contributed by atoms with E-state index in [1.54, 1.807) is 0 Å². The Bertz CT molecular complexity index is 503. The van der Waals surface area contributed by atoms with Crippen LogP contribution < -0.4 is 10.2 Å². The second-order valence-corrected chi connectivity index (χ2v) is 5.04. The number of anilines is 1. The molecule has 0 saturated carbocycles. The van der Waals surface area contributed by atoms with E-state index in [4.69, 9.17) is 0 Å². The molecule has 0 unspecified atom stereocenters. The molecule has 3 nitrogen and oxygen atoms in total. The highest BCUT2D eigenvalue weighted by molar-refractivity contribution is 7.08. The average molecular weight is 260 g/mol. The largest absolute Gasteiger partial charge is 0.378 e. The van der Waals surface area contributed by atoms with Crippen molar-refractivity contribution in [1.82, 2.24) is 5.32 Å². The van der Waals surface area contributed by atoms with Gasteiger partial charge in [-0.15, -0.1) is 0 Å². The molecule has 0 fully saturated rings. The summed E-state index contributed by atoms with van der Waals surface area (Å²) in [6.45, 7) is 0.558. The van der Waals surface area contributed by atoms with Crippen LogP contribution in [0.2, 0.25) is 0 Å². The highest BCUT2D eigenvalue weighted by Gasteiger charge is 2.05. The van der Waals surface area contributed by atoms with E-state index < -0.39 is 0 Å². The fourth-order valence-electron chi connectivity index (χ4n) is 1.59. The van der Waals surface area contributed by atoms with Crippen molar-refractivity contribution in [3.05, 3.63) is 52.2 Å². The molecule has 18 heavy (non-hydrogen) atoms. The Morgan fingerprint density at radius 1 is 1.22 bits per heavy atom. The van der Waals surface area contributed by atoms with Gasteiger partial charge in [0, 0.05) is 37.3 Å². The summed E-state index contributed by atoms with van der Waals surface area (Å²) >= 11 is 1.53. The van der Waals surface area contributed by atoms with E-state index in [1.807, 2.05) is 60.1 Å². The Kier molecular flexibility index (Phi) is 3.99. The fraction of sp³-hybridized carbons (Fsp3) is 0.214. The van der Waals surface area contributed by atoms with Gasteiger partial charge in [0.25, 0.3) is 5.91 Å². The van der Waals surface area contributed by atoms with Crippen molar-refractivity contribution in [2.45, 2.75) is 6.54 Å². The Hall–Kier alpha value is -1.81. The first-order chi connectivity index (χ1) is 8.66. The zero-order valence-electron chi connectivity index (χ0n) is 10.5. The van der Waals surface area contributed by atoms with E-state index in [2.05, 4.69) is 5.32 Å². The minimum absolute atomic E-state index is 0.0204. The third kappa shape index (κ3) is 3.11. The van der Waals surface area contributed by atoms with Crippen LogP contribution in [0.15, 0.2) is 41.1 Å². The first kappa shape index (κ1) is 12.6. The van der Waals surface area contributed by atoms with E-state index in [-0.39, 0.29) is 5.91 Å². The van der Waals surface area contributed by atoms with Gasteiger partial charge in [-0.3, -0.25) is 4.79 Å². The quantitative estimate of drug-likeness (QED) is 0.916. The van der Waals surface area contributed by atoms with Crippen LogP contribution in [-0.2, 0) is 6.54 Å². The molecule has 0 bridgehead atoms. The molecule has 0 aliphatic heterocycles. The monoisotopic (exact) mass is 260 g/mol. The van der Waals surface area contributed by atoms with Crippen LogP contribution in [-0.4, -0.2) is 20.0 Å². The van der Waals surface area contributed by atoms with E-state index in [0.29, 0.717) is 6.54 Å². The van der Waals surface area contributed by atoms with E-state index in [9.17, 15) is 4.79 Å². The number of amides is 1. The maximum absolute atomic E-state index is 11.7. The van der Waals surface area contributed by atoms with Gasteiger partial charge in [0.2, 0.25) is 0 Å². The summed E-state index contributed by atoms with van der Waals surface area (Å²) in [7, 11) is 4.01. The Morgan fingerprint density at radius 2 is 1.94 bits per heavy atom. The molecule has 0 radical (unpaired) electrons. The van der Waals surface area contributed by atoms with Crippen molar-refractivity contribution in [3.8, 4) is 0 Å². The van der Waals surface area contributed by atoms with Gasteiger partial charge in [-0.2, -0.15) is 11.3 Å². The van der Waals surface area contributed by atoms with Crippen molar-refractivity contribution in [3.63, 3.8) is 0 Å². The van der Waals surface area contributed by atoms with Crippen LogP contribution >= 0.6 is 11.3 Å². The van der Waals surface area contributed by atoms with Gasteiger partial charge >= 0.3 is 0 Å². The molecule has 0 saturated heterocycles. The lowest BCUT2D eigenvalue weighted by Crippen LogP contribution is -2.22. The molecule has 2 aromatic rings. The van der Waals surface area contributed by atoms with Gasteiger partial charge in [-0.1, -0.05) is 12.1 Å². The molecule has 4 heteroatoms. The number of thiophene rings is 1. The highest BCUT2D eigenvalue weighted by Crippen LogP contribution is 2.12. The third-order valence-corrected chi connectivity index (χ3v) is 3.37. The molecular weight excluding hydrogens is 244 g/mol. The number of benzene rings is 1. The fourth-order valence-corrected chi connectivity index (χ4v) is 2.23. The van der Waals surface area contributed by atoms with Crippen molar-refractivity contribution in [2.75, 3.05) is 19.0 Å². The molecule has 1 aromatic carbocycles. The highest BCUT2D eigenvalue weighted by atomic mass is 32.1. The summed E-state index contributed by atoms with van der Waals surface area (Å²) in [5, 5.41) is 6.66. The number of carbonyl (C=O) groups is 1. The van der Waals surface area contributed by atoms with Crippen LogP contribution in [0.25, 0.3) is 0 Å². The molecule has 2 rings (SSSR count). The molecule has 0 spiro atoms. The first-order valence-corrected chi connectivity index (χ1v) is 6.68. The molecule has 1 amide bonds. The molecule has 1 N–H and O–H groups in total. The van der Waals surface area contributed by atoms with Gasteiger partial charge < -0.3 is 10.2 Å². The zero-order chi connectivity index (χ0) is 13.0. The zero-order valence-corrected chi connectivity index (χ0v) is 11.3. The molecule has 1 heterocycles. The molecule has 1 aromatic heterocycles. The lowest BCUT2D eigenvalue weighted by Gasteiger charge is -2.12. The van der Waals surface area contributed by atoms with Crippen LogP contribution in [0.5, 0.6) is 0 Å². The average Bonchev–Trinajstić information content (AvgIpc) is 2.90. The second-order valence-electron chi connectivity index (χ2n) is 4.26. The maximum atomic E-state index is 11.7. The standard InChI is InChI=1S/C14H16N2OS/c1-16(2)13-5-3-11(4-6-13)9-15-14(17)12-7-8-18-10-12/h3-8,10H,9H2,1-2H3,(H,15,17). The van der Waals surface area contributed by atoms with Crippen LogP contribution in [0.3, 0.4) is 0 Å². The van der Waals surface area contributed by atoms with E-state index in [0.717, 1.165) is 16.8 Å². The summed E-state index contributed by atoms with van der Waals surface area (Å²) in [5.41, 5.74) is 2.98. The summed E-state index contributed by atoms with van der Waals surface area (Å²) in [4.78, 5) is 13.8. The molecule has 0 aliphatic carbocycles. The van der Waals surface area contributed by atoms with Crippen molar-refractivity contribution < 1.29 is 4.79 Å². The Morgan fingerprint density at radius 3 is 2.50 bits per heavy atom. The Labute approximate surface area is 111 Å². The predicted molar refractivity (Wildman–Crippen MR) is 76.3 cm³/mol. The molecule has 94 valence electrons. The minimum atomic E-state index is -0.0204. The van der Waals surface area contributed by atoms with Gasteiger partial charge in [0.1, 0.15) is 0 Å². The summed E-state index contributed by atoms with van der Waals surface area (Å²) < 4.78 is 0. The number of hydrogen-bond donors (Lipinski definition) is 1. The van der Waals surface area contributed by atoms with E-state index >= 15 is 0 Å².